The molecule has 2 aromatic rings. The van der Waals surface area contributed by atoms with Gasteiger partial charge in [0.25, 0.3) is 0 Å². The first kappa shape index (κ1) is 21.7. The molecule has 0 spiro atoms. The third-order valence-corrected chi connectivity index (χ3v) is 5.72. The first-order valence-corrected chi connectivity index (χ1v) is 10.8. The Morgan fingerprint density at radius 2 is 1.00 bits per heavy atom. The van der Waals surface area contributed by atoms with E-state index in [4.69, 9.17) is 4.74 Å². The SMILES string of the molecule is CCC(C)CC(Cc1ccccc1)OC(Cc1ccccc1)CC(C)CC. The summed E-state index contributed by atoms with van der Waals surface area (Å²) in [4.78, 5) is 0. The maximum absolute atomic E-state index is 6.80. The van der Waals surface area contributed by atoms with Gasteiger partial charge in [-0.05, 0) is 48.6 Å². The summed E-state index contributed by atoms with van der Waals surface area (Å²) in [7, 11) is 0. The normalized spacial score (nSPS) is 15.9. The minimum absolute atomic E-state index is 0.292. The summed E-state index contributed by atoms with van der Waals surface area (Å²) < 4.78 is 6.80. The van der Waals surface area contributed by atoms with Crippen LogP contribution in [0, 0.1) is 11.8 Å². The predicted molar refractivity (Wildman–Crippen MR) is 117 cm³/mol. The second-order valence-corrected chi connectivity index (χ2v) is 8.26. The van der Waals surface area contributed by atoms with Crippen molar-refractivity contribution in [3.63, 3.8) is 0 Å². The van der Waals surface area contributed by atoms with E-state index in [-0.39, 0.29) is 0 Å². The van der Waals surface area contributed by atoms with Crippen molar-refractivity contribution in [2.24, 2.45) is 11.8 Å². The lowest BCUT2D eigenvalue weighted by Crippen LogP contribution is -2.29. The van der Waals surface area contributed by atoms with Crippen LogP contribution in [0.1, 0.15) is 64.5 Å². The largest absolute Gasteiger partial charge is 0.374 e. The molecule has 2 rings (SSSR count). The van der Waals surface area contributed by atoms with E-state index < -0.39 is 0 Å². The molecule has 1 heteroatoms. The van der Waals surface area contributed by atoms with Crippen molar-refractivity contribution in [3.8, 4) is 0 Å². The van der Waals surface area contributed by atoms with Gasteiger partial charge in [0.15, 0.2) is 0 Å². The third-order valence-electron chi connectivity index (χ3n) is 5.72. The van der Waals surface area contributed by atoms with Crippen LogP contribution in [-0.4, -0.2) is 12.2 Å². The van der Waals surface area contributed by atoms with Gasteiger partial charge in [0.05, 0.1) is 12.2 Å². The first-order chi connectivity index (χ1) is 13.1. The van der Waals surface area contributed by atoms with Crippen molar-refractivity contribution in [2.75, 3.05) is 0 Å². The van der Waals surface area contributed by atoms with Crippen molar-refractivity contribution < 1.29 is 4.74 Å². The van der Waals surface area contributed by atoms with Crippen LogP contribution in [0.25, 0.3) is 0 Å². The van der Waals surface area contributed by atoms with Gasteiger partial charge in [0.1, 0.15) is 0 Å². The Labute approximate surface area is 167 Å². The van der Waals surface area contributed by atoms with Gasteiger partial charge < -0.3 is 4.74 Å². The Balaban J connectivity index is 2.10. The fourth-order valence-corrected chi connectivity index (χ4v) is 3.63. The first-order valence-electron chi connectivity index (χ1n) is 10.8. The number of ether oxygens (including phenoxy) is 1. The molecule has 0 aliphatic rings. The minimum atomic E-state index is 0.292. The molecular weight excluding hydrogens is 328 g/mol. The lowest BCUT2D eigenvalue weighted by Gasteiger charge is -2.29. The molecular formula is C26H38O. The van der Waals surface area contributed by atoms with Crippen LogP contribution in [0.2, 0.25) is 0 Å². The maximum Gasteiger partial charge on any atom is 0.0621 e. The van der Waals surface area contributed by atoms with Gasteiger partial charge in [-0.3, -0.25) is 0 Å². The molecule has 2 aromatic carbocycles. The highest BCUT2D eigenvalue weighted by Gasteiger charge is 2.21. The second-order valence-electron chi connectivity index (χ2n) is 8.26. The van der Waals surface area contributed by atoms with E-state index in [1.807, 2.05) is 0 Å². The maximum atomic E-state index is 6.80. The van der Waals surface area contributed by atoms with E-state index in [1.54, 1.807) is 0 Å². The van der Waals surface area contributed by atoms with Crippen LogP contribution >= 0.6 is 0 Å². The van der Waals surface area contributed by atoms with E-state index in [0.717, 1.165) is 25.7 Å². The lowest BCUT2D eigenvalue weighted by atomic mass is 9.94. The summed E-state index contributed by atoms with van der Waals surface area (Å²) in [6, 6.07) is 21.6. The van der Waals surface area contributed by atoms with Gasteiger partial charge >= 0.3 is 0 Å². The molecule has 0 radical (unpaired) electrons. The van der Waals surface area contributed by atoms with E-state index in [1.165, 1.54) is 24.0 Å². The van der Waals surface area contributed by atoms with Crippen molar-refractivity contribution >= 4 is 0 Å². The van der Waals surface area contributed by atoms with E-state index in [9.17, 15) is 0 Å². The Hall–Kier alpha value is -1.60. The monoisotopic (exact) mass is 366 g/mol. The van der Waals surface area contributed by atoms with E-state index in [2.05, 4.69) is 88.4 Å². The van der Waals surface area contributed by atoms with Crippen LogP contribution in [0.4, 0.5) is 0 Å². The van der Waals surface area contributed by atoms with Crippen molar-refractivity contribution in [2.45, 2.75) is 78.4 Å². The lowest BCUT2D eigenvalue weighted by molar-refractivity contribution is -0.0325. The minimum Gasteiger partial charge on any atom is -0.374 e. The molecule has 0 amide bonds. The van der Waals surface area contributed by atoms with Gasteiger partial charge in [0.2, 0.25) is 0 Å². The number of rotatable bonds is 12. The van der Waals surface area contributed by atoms with Crippen LogP contribution in [0.3, 0.4) is 0 Å². The highest BCUT2D eigenvalue weighted by atomic mass is 16.5. The molecule has 0 aromatic heterocycles. The molecule has 1 nitrogen and oxygen atoms in total. The van der Waals surface area contributed by atoms with Crippen LogP contribution < -0.4 is 0 Å². The number of hydrogen-bond acceptors (Lipinski definition) is 1. The van der Waals surface area contributed by atoms with Crippen molar-refractivity contribution in [1.82, 2.24) is 0 Å². The van der Waals surface area contributed by atoms with Crippen LogP contribution in [0.5, 0.6) is 0 Å². The molecule has 0 fully saturated rings. The molecule has 0 N–H and O–H groups in total. The van der Waals surface area contributed by atoms with E-state index >= 15 is 0 Å². The van der Waals surface area contributed by atoms with Crippen LogP contribution in [0.15, 0.2) is 60.7 Å². The Kier molecular flexibility index (Phi) is 9.62. The molecule has 4 atom stereocenters. The zero-order chi connectivity index (χ0) is 19.5. The highest BCUT2D eigenvalue weighted by molar-refractivity contribution is 5.17. The average Bonchev–Trinajstić information content (AvgIpc) is 2.69. The molecule has 27 heavy (non-hydrogen) atoms. The summed E-state index contributed by atoms with van der Waals surface area (Å²) >= 11 is 0. The molecule has 0 saturated carbocycles. The smallest absolute Gasteiger partial charge is 0.0621 e. The Morgan fingerprint density at radius 3 is 1.33 bits per heavy atom. The summed E-state index contributed by atoms with van der Waals surface area (Å²) in [5.74, 6) is 1.39. The number of hydrogen-bond donors (Lipinski definition) is 0. The molecule has 148 valence electrons. The zero-order valence-corrected chi connectivity index (χ0v) is 17.7. The fourth-order valence-electron chi connectivity index (χ4n) is 3.63. The second kappa shape index (κ2) is 12.0. The molecule has 0 aliphatic heterocycles. The molecule has 4 unspecified atom stereocenters. The Morgan fingerprint density at radius 1 is 0.630 bits per heavy atom. The summed E-state index contributed by atoms with van der Waals surface area (Å²) in [6.45, 7) is 9.26. The average molecular weight is 367 g/mol. The highest BCUT2D eigenvalue weighted by Crippen LogP contribution is 2.23. The zero-order valence-electron chi connectivity index (χ0n) is 17.7. The quantitative estimate of drug-likeness (QED) is 0.389. The van der Waals surface area contributed by atoms with E-state index in [0.29, 0.717) is 24.0 Å². The standard InChI is InChI=1S/C26H38O/c1-5-21(3)17-25(19-23-13-9-7-10-14-23)27-26(18-22(4)6-2)20-24-15-11-8-12-16-24/h7-16,21-22,25-26H,5-6,17-20H2,1-4H3. The predicted octanol–water partition coefficient (Wildman–Crippen LogP) is 7.10. The van der Waals surface area contributed by atoms with Gasteiger partial charge in [0, 0.05) is 0 Å². The number of benzene rings is 2. The fraction of sp³-hybridized carbons (Fsp3) is 0.538. The molecule has 0 saturated heterocycles. The van der Waals surface area contributed by atoms with Gasteiger partial charge in [-0.2, -0.15) is 0 Å². The van der Waals surface area contributed by atoms with Crippen molar-refractivity contribution in [3.05, 3.63) is 71.8 Å². The van der Waals surface area contributed by atoms with Gasteiger partial charge in [-0.25, -0.2) is 0 Å². The summed E-state index contributed by atoms with van der Waals surface area (Å²) in [5, 5.41) is 0. The molecule has 0 aliphatic carbocycles. The molecule has 0 heterocycles. The third kappa shape index (κ3) is 8.30. The topological polar surface area (TPSA) is 9.23 Å². The summed E-state index contributed by atoms with van der Waals surface area (Å²) in [6.07, 6.45) is 7.30. The summed E-state index contributed by atoms with van der Waals surface area (Å²) in [5.41, 5.74) is 2.76. The Bertz CT molecular complexity index is 551. The van der Waals surface area contributed by atoms with Crippen molar-refractivity contribution in [1.29, 1.82) is 0 Å². The molecule has 0 bridgehead atoms. The van der Waals surface area contributed by atoms with Gasteiger partial charge in [-0.15, -0.1) is 0 Å². The van der Waals surface area contributed by atoms with Crippen LogP contribution in [-0.2, 0) is 17.6 Å². The van der Waals surface area contributed by atoms with Gasteiger partial charge in [-0.1, -0.05) is 101 Å².